The van der Waals surface area contributed by atoms with E-state index in [9.17, 15) is 10.1 Å². The quantitative estimate of drug-likeness (QED) is 0.664. The van der Waals surface area contributed by atoms with Gasteiger partial charge in [0.15, 0.2) is 0 Å². The van der Waals surface area contributed by atoms with Crippen LogP contribution in [-0.2, 0) is 6.54 Å². The molecule has 0 bridgehead atoms. The van der Waals surface area contributed by atoms with Crippen molar-refractivity contribution in [3.05, 3.63) is 27.1 Å². The Labute approximate surface area is 124 Å². The standard InChI is InChI=1S/C15H24N2O2S/c1-14(2)7-11(8-15(3,4)10-14)16-9-12-5-6-13(20-12)17(18)19/h5-6,11,16H,7-10H2,1-4H3. The molecule has 1 aromatic rings. The van der Waals surface area contributed by atoms with Gasteiger partial charge in [-0.3, -0.25) is 10.1 Å². The number of rotatable bonds is 4. The zero-order chi connectivity index (χ0) is 15.0. The van der Waals surface area contributed by atoms with E-state index in [1.807, 2.05) is 6.07 Å². The molecule has 1 fully saturated rings. The van der Waals surface area contributed by atoms with Crippen LogP contribution in [0.25, 0.3) is 0 Å². The Balaban J connectivity index is 1.94. The third-order valence-corrected chi connectivity index (χ3v) is 4.98. The lowest BCUT2D eigenvalue weighted by atomic mass is 9.63. The molecule has 20 heavy (non-hydrogen) atoms. The molecule has 4 nitrogen and oxygen atoms in total. The first-order valence-electron chi connectivity index (χ1n) is 7.13. The van der Waals surface area contributed by atoms with E-state index in [0.717, 1.165) is 11.4 Å². The van der Waals surface area contributed by atoms with Crippen molar-refractivity contribution in [2.24, 2.45) is 10.8 Å². The second-order valence-corrected chi connectivity index (χ2v) is 8.64. The summed E-state index contributed by atoms with van der Waals surface area (Å²) in [5.41, 5.74) is 0.724. The largest absolute Gasteiger partial charge is 0.324 e. The maximum Gasteiger partial charge on any atom is 0.324 e. The van der Waals surface area contributed by atoms with Crippen LogP contribution < -0.4 is 5.32 Å². The third-order valence-electron chi connectivity index (χ3n) is 3.95. The SMILES string of the molecule is CC1(C)CC(NCc2ccc([N+](=O)[O-])s2)CC(C)(C)C1. The molecule has 0 aromatic carbocycles. The number of hydrogen-bond acceptors (Lipinski definition) is 4. The van der Waals surface area contributed by atoms with Gasteiger partial charge in [-0.05, 0) is 36.2 Å². The highest BCUT2D eigenvalue weighted by Gasteiger charge is 2.38. The molecule has 1 N–H and O–H groups in total. The van der Waals surface area contributed by atoms with E-state index in [1.165, 1.54) is 30.6 Å². The van der Waals surface area contributed by atoms with E-state index in [0.29, 0.717) is 16.9 Å². The number of hydrogen-bond donors (Lipinski definition) is 1. The van der Waals surface area contributed by atoms with E-state index in [4.69, 9.17) is 0 Å². The van der Waals surface area contributed by atoms with Crippen molar-refractivity contribution in [3.63, 3.8) is 0 Å². The number of nitrogens with zero attached hydrogens (tertiary/aromatic N) is 1. The maximum absolute atomic E-state index is 10.7. The van der Waals surface area contributed by atoms with Gasteiger partial charge in [-0.25, -0.2) is 0 Å². The molecule has 0 saturated heterocycles. The van der Waals surface area contributed by atoms with Gasteiger partial charge in [-0.15, -0.1) is 0 Å². The monoisotopic (exact) mass is 296 g/mol. The second-order valence-electron chi connectivity index (χ2n) is 7.49. The Morgan fingerprint density at radius 3 is 2.40 bits per heavy atom. The van der Waals surface area contributed by atoms with Crippen molar-refractivity contribution >= 4 is 16.3 Å². The van der Waals surface area contributed by atoms with Gasteiger partial charge in [-0.2, -0.15) is 0 Å². The fraction of sp³-hybridized carbons (Fsp3) is 0.733. The van der Waals surface area contributed by atoms with Crippen LogP contribution in [0, 0.1) is 20.9 Å². The molecular weight excluding hydrogens is 272 g/mol. The zero-order valence-corrected chi connectivity index (χ0v) is 13.5. The average Bonchev–Trinajstić information content (AvgIpc) is 2.70. The van der Waals surface area contributed by atoms with Crippen molar-refractivity contribution in [1.82, 2.24) is 5.32 Å². The van der Waals surface area contributed by atoms with E-state index in [2.05, 4.69) is 33.0 Å². The lowest BCUT2D eigenvalue weighted by Crippen LogP contribution is -2.43. The summed E-state index contributed by atoms with van der Waals surface area (Å²) in [5.74, 6) is 0. The van der Waals surface area contributed by atoms with Crippen LogP contribution in [-0.4, -0.2) is 11.0 Å². The molecule has 0 unspecified atom stereocenters. The van der Waals surface area contributed by atoms with E-state index < -0.39 is 0 Å². The zero-order valence-electron chi connectivity index (χ0n) is 12.7. The highest BCUT2D eigenvalue weighted by Crippen LogP contribution is 2.45. The minimum atomic E-state index is -0.318. The Hall–Kier alpha value is -0.940. The predicted molar refractivity (Wildman–Crippen MR) is 83.0 cm³/mol. The van der Waals surface area contributed by atoms with Crippen LogP contribution in [0.15, 0.2) is 12.1 Å². The Morgan fingerprint density at radius 2 is 1.90 bits per heavy atom. The highest BCUT2D eigenvalue weighted by atomic mass is 32.1. The average molecular weight is 296 g/mol. The number of thiophene rings is 1. The van der Waals surface area contributed by atoms with Crippen molar-refractivity contribution in [2.45, 2.75) is 59.5 Å². The minimum absolute atomic E-state index is 0.228. The molecule has 1 aliphatic carbocycles. The van der Waals surface area contributed by atoms with Crippen molar-refractivity contribution < 1.29 is 4.92 Å². The number of nitro groups is 1. The first-order valence-corrected chi connectivity index (χ1v) is 7.95. The molecule has 0 radical (unpaired) electrons. The number of nitrogens with one attached hydrogen (secondary N) is 1. The summed E-state index contributed by atoms with van der Waals surface area (Å²) < 4.78 is 0. The molecule has 0 amide bonds. The molecule has 1 aromatic heterocycles. The normalized spacial score (nSPS) is 21.8. The minimum Gasteiger partial charge on any atom is -0.309 e. The van der Waals surface area contributed by atoms with Gasteiger partial charge in [0.1, 0.15) is 0 Å². The summed E-state index contributed by atoms with van der Waals surface area (Å²) in [6.45, 7) is 10.1. The Morgan fingerprint density at radius 1 is 1.30 bits per heavy atom. The van der Waals surface area contributed by atoms with E-state index in [-0.39, 0.29) is 9.92 Å². The molecule has 1 heterocycles. The van der Waals surface area contributed by atoms with Gasteiger partial charge in [0.2, 0.25) is 0 Å². The molecule has 0 spiro atoms. The van der Waals surface area contributed by atoms with Crippen molar-refractivity contribution in [2.75, 3.05) is 0 Å². The van der Waals surface area contributed by atoms with Gasteiger partial charge in [0.25, 0.3) is 0 Å². The summed E-state index contributed by atoms with van der Waals surface area (Å²) >= 11 is 1.27. The smallest absolute Gasteiger partial charge is 0.309 e. The lowest BCUT2D eigenvalue weighted by molar-refractivity contribution is -0.380. The van der Waals surface area contributed by atoms with Crippen LogP contribution in [0.1, 0.15) is 51.8 Å². The van der Waals surface area contributed by atoms with Crippen LogP contribution in [0.5, 0.6) is 0 Å². The van der Waals surface area contributed by atoms with E-state index >= 15 is 0 Å². The van der Waals surface area contributed by atoms with E-state index in [1.54, 1.807) is 6.07 Å². The third kappa shape index (κ3) is 4.03. The fourth-order valence-corrected chi connectivity index (χ4v) is 4.57. The first-order chi connectivity index (χ1) is 9.17. The highest BCUT2D eigenvalue weighted by molar-refractivity contribution is 7.15. The maximum atomic E-state index is 10.7. The molecule has 5 heteroatoms. The Bertz CT molecular complexity index is 478. The van der Waals surface area contributed by atoms with Gasteiger partial charge in [0, 0.05) is 23.5 Å². The second kappa shape index (κ2) is 5.45. The van der Waals surface area contributed by atoms with Gasteiger partial charge >= 0.3 is 5.00 Å². The first kappa shape index (κ1) is 15.4. The molecule has 1 aliphatic rings. The van der Waals surface area contributed by atoms with Crippen molar-refractivity contribution in [3.8, 4) is 0 Å². The molecule has 0 atom stereocenters. The summed E-state index contributed by atoms with van der Waals surface area (Å²) in [6, 6.07) is 3.95. The predicted octanol–water partition coefficient (Wildman–Crippen LogP) is 4.35. The summed E-state index contributed by atoms with van der Waals surface area (Å²) in [7, 11) is 0. The molecule has 112 valence electrons. The van der Waals surface area contributed by atoms with Crippen molar-refractivity contribution in [1.29, 1.82) is 0 Å². The summed E-state index contributed by atoms with van der Waals surface area (Å²) in [5, 5.41) is 14.5. The van der Waals surface area contributed by atoms with Gasteiger partial charge < -0.3 is 5.32 Å². The molecule has 0 aliphatic heterocycles. The molecular formula is C15H24N2O2S. The summed E-state index contributed by atoms with van der Waals surface area (Å²) in [6.07, 6.45) is 3.59. The topological polar surface area (TPSA) is 55.2 Å². The van der Waals surface area contributed by atoms with Gasteiger partial charge in [0.05, 0.1) is 4.92 Å². The molecule has 1 saturated carbocycles. The van der Waals surface area contributed by atoms with Crippen LogP contribution >= 0.6 is 11.3 Å². The molecule has 2 rings (SSSR count). The summed E-state index contributed by atoms with van der Waals surface area (Å²) in [4.78, 5) is 11.4. The van der Waals surface area contributed by atoms with Crippen LogP contribution in [0.4, 0.5) is 5.00 Å². The van der Waals surface area contributed by atoms with Crippen LogP contribution in [0.2, 0.25) is 0 Å². The lowest BCUT2D eigenvalue weighted by Gasteiger charge is -2.45. The fourth-order valence-electron chi connectivity index (χ4n) is 3.80. The van der Waals surface area contributed by atoms with Gasteiger partial charge in [-0.1, -0.05) is 39.0 Å². The van der Waals surface area contributed by atoms with Crippen LogP contribution in [0.3, 0.4) is 0 Å². The Kier molecular flexibility index (Phi) is 4.21.